The van der Waals surface area contributed by atoms with Crippen molar-refractivity contribution >= 4 is 43.7 Å². The third-order valence-electron chi connectivity index (χ3n) is 4.26. The zero-order valence-electron chi connectivity index (χ0n) is 17.5. The van der Waals surface area contributed by atoms with Crippen LogP contribution in [-0.2, 0) is 14.9 Å². The molecule has 0 unspecified atom stereocenters. The van der Waals surface area contributed by atoms with E-state index in [0.29, 0.717) is 11.3 Å². The molecule has 3 rings (SSSR count). The van der Waals surface area contributed by atoms with Gasteiger partial charge >= 0.3 is 10.1 Å². The van der Waals surface area contributed by atoms with Crippen molar-refractivity contribution in [2.75, 3.05) is 11.9 Å². The molecule has 7 nitrogen and oxygen atoms in total. The van der Waals surface area contributed by atoms with Gasteiger partial charge in [-0.05, 0) is 70.9 Å². The fourth-order valence-electron chi connectivity index (χ4n) is 2.80. The molecule has 0 saturated heterocycles. The van der Waals surface area contributed by atoms with E-state index in [9.17, 15) is 18.5 Å². The first-order chi connectivity index (χ1) is 15.8. The molecule has 0 atom stereocenters. The molecule has 1 amide bonds. The Bertz CT molecular complexity index is 1320. The molecule has 9 heteroatoms. The summed E-state index contributed by atoms with van der Waals surface area (Å²) in [6.45, 7) is 1.97. The Morgan fingerprint density at radius 1 is 1.09 bits per heavy atom. The number of amides is 1. The lowest BCUT2D eigenvalue weighted by atomic mass is 10.1. The number of hydrogen-bond donors (Lipinski definition) is 1. The predicted octanol–water partition coefficient (Wildman–Crippen LogP) is 5.16. The summed E-state index contributed by atoms with van der Waals surface area (Å²) in [6, 6.07) is 21.4. The van der Waals surface area contributed by atoms with Crippen molar-refractivity contribution in [3.8, 4) is 17.6 Å². The van der Waals surface area contributed by atoms with Crippen molar-refractivity contribution in [1.29, 1.82) is 5.26 Å². The van der Waals surface area contributed by atoms with E-state index in [1.54, 1.807) is 49.4 Å². The Balaban J connectivity index is 1.94. The minimum absolute atomic E-state index is 0.00679. The van der Waals surface area contributed by atoms with Gasteiger partial charge in [0.2, 0.25) is 0 Å². The molecular weight excluding hydrogens is 508 g/mol. The van der Waals surface area contributed by atoms with E-state index >= 15 is 0 Å². The Kier molecular flexibility index (Phi) is 7.87. The van der Waals surface area contributed by atoms with Crippen molar-refractivity contribution in [1.82, 2.24) is 0 Å². The lowest BCUT2D eigenvalue weighted by Gasteiger charge is -2.14. The van der Waals surface area contributed by atoms with Crippen LogP contribution in [-0.4, -0.2) is 20.9 Å². The van der Waals surface area contributed by atoms with Crippen molar-refractivity contribution in [3.63, 3.8) is 0 Å². The number of nitriles is 1. The SMILES string of the molecule is CCOc1cc(/C=C(\C#N)C(=O)Nc2ccccc2)cc(Br)c1OS(=O)(=O)c1ccccc1. The third-order valence-corrected chi connectivity index (χ3v) is 6.09. The fraction of sp³-hybridized carbons (Fsp3) is 0.0833. The standard InChI is InChI=1S/C24H19BrN2O5S/c1-2-31-22-15-17(13-18(16-26)24(28)27-19-9-5-3-6-10-19)14-21(25)23(22)32-33(29,30)20-11-7-4-8-12-20/h3-15H,2H2,1H3,(H,27,28)/b18-13+. The number of rotatable bonds is 8. The van der Waals surface area contributed by atoms with Crippen LogP contribution >= 0.6 is 15.9 Å². The Morgan fingerprint density at radius 2 is 1.73 bits per heavy atom. The van der Waals surface area contributed by atoms with Gasteiger partial charge in [0.1, 0.15) is 16.5 Å². The largest absolute Gasteiger partial charge is 0.490 e. The van der Waals surface area contributed by atoms with Gasteiger partial charge in [-0.15, -0.1) is 0 Å². The fourth-order valence-corrected chi connectivity index (χ4v) is 4.42. The first-order valence-corrected chi connectivity index (χ1v) is 12.0. The Morgan fingerprint density at radius 3 is 2.33 bits per heavy atom. The van der Waals surface area contributed by atoms with E-state index in [2.05, 4.69) is 21.2 Å². The highest BCUT2D eigenvalue weighted by Crippen LogP contribution is 2.39. The molecule has 0 aliphatic rings. The van der Waals surface area contributed by atoms with Crippen LogP contribution in [0.1, 0.15) is 12.5 Å². The van der Waals surface area contributed by atoms with Crippen LogP contribution in [0.25, 0.3) is 6.08 Å². The van der Waals surface area contributed by atoms with Crippen LogP contribution in [0.5, 0.6) is 11.5 Å². The van der Waals surface area contributed by atoms with Gasteiger partial charge < -0.3 is 14.2 Å². The number of anilines is 1. The van der Waals surface area contributed by atoms with E-state index in [1.807, 2.05) is 12.1 Å². The number of para-hydroxylation sites is 1. The number of ether oxygens (including phenoxy) is 1. The van der Waals surface area contributed by atoms with Crippen molar-refractivity contribution in [3.05, 3.63) is 88.4 Å². The minimum atomic E-state index is -4.11. The summed E-state index contributed by atoms with van der Waals surface area (Å²) >= 11 is 3.31. The molecular formula is C24H19BrN2O5S. The van der Waals surface area contributed by atoms with Gasteiger partial charge in [-0.1, -0.05) is 36.4 Å². The lowest BCUT2D eigenvalue weighted by Crippen LogP contribution is -2.13. The van der Waals surface area contributed by atoms with Gasteiger partial charge in [-0.2, -0.15) is 13.7 Å². The highest BCUT2D eigenvalue weighted by atomic mass is 79.9. The first kappa shape index (κ1) is 24.0. The van der Waals surface area contributed by atoms with Gasteiger partial charge in [0.05, 0.1) is 11.1 Å². The molecule has 0 heterocycles. The molecule has 33 heavy (non-hydrogen) atoms. The molecule has 168 valence electrons. The van der Waals surface area contributed by atoms with Gasteiger partial charge in [-0.3, -0.25) is 4.79 Å². The molecule has 0 fully saturated rings. The maximum absolute atomic E-state index is 12.7. The van der Waals surface area contributed by atoms with Crippen LogP contribution in [0.4, 0.5) is 5.69 Å². The molecule has 3 aromatic rings. The second kappa shape index (κ2) is 10.8. The minimum Gasteiger partial charge on any atom is -0.490 e. The second-order valence-electron chi connectivity index (χ2n) is 6.60. The third kappa shape index (κ3) is 6.22. The maximum atomic E-state index is 12.7. The topological polar surface area (TPSA) is 105 Å². The highest BCUT2D eigenvalue weighted by molar-refractivity contribution is 9.10. The average Bonchev–Trinajstić information content (AvgIpc) is 2.81. The second-order valence-corrected chi connectivity index (χ2v) is 9.00. The molecule has 0 aromatic heterocycles. The molecule has 0 aliphatic heterocycles. The number of halogens is 1. The molecule has 0 bridgehead atoms. The van der Waals surface area contributed by atoms with Gasteiger partial charge in [-0.25, -0.2) is 0 Å². The maximum Gasteiger partial charge on any atom is 0.339 e. The number of carbonyl (C=O) groups is 1. The van der Waals surface area contributed by atoms with Crippen LogP contribution in [0.2, 0.25) is 0 Å². The molecule has 0 radical (unpaired) electrons. The zero-order chi connectivity index (χ0) is 23.8. The number of carbonyl (C=O) groups excluding carboxylic acids is 1. The Labute approximate surface area is 200 Å². The number of nitrogens with zero attached hydrogens (tertiary/aromatic N) is 1. The quantitative estimate of drug-likeness (QED) is 0.247. The normalized spacial score (nSPS) is 11.4. The number of hydrogen-bond acceptors (Lipinski definition) is 6. The van der Waals surface area contributed by atoms with Gasteiger partial charge in [0.15, 0.2) is 11.5 Å². The molecule has 3 aromatic carbocycles. The van der Waals surface area contributed by atoms with Crippen LogP contribution in [0.3, 0.4) is 0 Å². The van der Waals surface area contributed by atoms with Crippen LogP contribution in [0.15, 0.2) is 87.7 Å². The van der Waals surface area contributed by atoms with Gasteiger partial charge in [0.25, 0.3) is 5.91 Å². The summed E-state index contributed by atoms with van der Waals surface area (Å²) in [5, 5.41) is 12.1. The summed E-state index contributed by atoms with van der Waals surface area (Å²) in [7, 11) is -4.11. The summed E-state index contributed by atoms with van der Waals surface area (Å²) in [6.07, 6.45) is 1.38. The lowest BCUT2D eigenvalue weighted by molar-refractivity contribution is -0.112. The van der Waals surface area contributed by atoms with Gasteiger partial charge in [0, 0.05) is 5.69 Å². The van der Waals surface area contributed by atoms with E-state index in [0.717, 1.165) is 0 Å². The summed E-state index contributed by atoms with van der Waals surface area (Å²) in [5.41, 5.74) is 0.850. The first-order valence-electron chi connectivity index (χ1n) is 9.78. The van der Waals surface area contributed by atoms with Crippen molar-refractivity contribution < 1.29 is 22.1 Å². The Hall–Kier alpha value is -3.61. The van der Waals surface area contributed by atoms with E-state index in [4.69, 9.17) is 8.92 Å². The smallest absolute Gasteiger partial charge is 0.339 e. The molecule has 1 N–H and O–H groups in total. The van der Waals surface area contributed by atoms with E-state index < -0.39 is 16.0 Å². The van der Waals surface area contributed by atoms with E-state index in [1.165, 1.54) is 30.3 Å². The average molecular weight is 527 g/mol. The predicted molar refractivity (Wildman–Crippen MR) is 128 cm³/mol. The summed E-state index contributed by atoms with van der Waals surface area (Å²) in [5.74, 6) is -0.478. The van der Waals surface area contributed by atoms with Crippen LogP contribution in [0, 0.1) is 11.3 Å². The van der Waals surface area contributed by atoms with Crippen molar-refractivity contribution in [2.24, 2.45) is 0 Å². The number of nitrogens with one attached hydrogen (secondary N) is 1. The summed E-state index contributed by atoms with van der Waals surface area (Å²) < 4.78 is 36.6. The van der Waals surface area contributed by atoms with Crippen LogP contribution < -0.4 is 14.2 Å². The molecule has 0 aliphatic carbocycles. The summed E-state index contributed by atoms with van der Waals surface area (Å²) in [4.78, 5) is 12.5. The highest BCUT2D eigenvalue weighted by Gasteiger charge is 2.22. The number of benzene rings is 3. The zero-order valence-corrected chi connectivity index (χ0v) is 19.9. The van der Waals surface area contributed by atoms with E-state index in [-0.39, 0.29) is 33.0 Å². The monoisotopic (exact) mass is 526 g/mol. The van der Waals surface area contributed by atoms with Crippen molar-refractivity contribution in [2.45, 2.75) is 11.8 Å². The molecule has 0 spiro atoms. The molecule has 0 saturated carbocycles.